The summed E-state index contributed by atoms with van der Waals surface area (Å²) in [5, 5.41) is 0. The minimum atomic E-state index is -0.353. The van der Waals surface area contributed by atoms with E-state index in [1.165, 1.54) is 30.0 Å². The molecule has 0 aromatic heterocycles. The molecule has 1 unspecified atom stereocenters. The smallest absolute Gasteiger partial charge is 0.172 e. The van der Waals surface area contributed by atoms with E-state index in [2.05, 4.69) is 0 Å². The molecule has 2 aromatic rings. The summed E-state index contributed by atoms with van der Waals surface area (Å²) in [5.41, 5.74) is 1.19. The van der Waals surface area contributed by atoms with Gasteiger partial charge < -0.3 is 0 Å². The van der Waals surface area contributed by atoms with Gasteiger partial charge in [-0.3, -0.25) is 4.79 Å². The number of ketones is 1. The van der Waals surface area contributed by atoms with Gasteiger partial charge in [0, 0.05) is 11.3 Å². The summed E-state index contributed by atoms with van der Waals surface area (Å²) < 4.78 is 26.5. The predicted molar refractivity (Wildman–Crippen MR) is 70.6 cm³/mol. The molecule has 0 amide bonds. The molecule has 19 heavy (non-hydrogen) atoms. The predicted octanol–water partition coefficient (Wildman–Crippen LogP) is 4.04. The van der Waals surface area contributed by atoms with Crippen molar-refractivity contribution in [3.63, 3.8) is 0 Å². The number of hydrogen-bond donors (Lipinski definition) is 0. The zero-order chi connectivity index (χ0) is 13.4. The van der Waals surface area contributed by atoms with Crippen LogP contribution in [0, 0.1) is 11.6 Å². The fraction of sp³-hybridized carbons (Fsp3) is 0.133. The Morgan fingerprint density at radius 1 is 1.05 bits per heavy atom. The van der Waals surface area contributed by atoms with Crippen LogP contribution in [0.15, 0.2) is 47.4 Å². The van der Waals surface area contributed by atoms with Gasteiger partial charge in [0.1, 0.15) is 11.6 Å². The van der Waals surface area contributed by atoms with E-state index in [9.17, 15) is 13.6 Å². The highest BCUT2D eigenvalue weighted by atomic mass is 32.2. The second-order valence-electron chi connectivity index (χ2n) is 4.40. The van der Waals surface area contributed by atoms with E-state index < -0.39 is 0 Å². The molecule has 0 fully saturated rings. The summed E-state index contributed by atoms with van der Waals surface area (Å²) in [4.78, 5) is 12.8. The number of carbonyl (C=O) groups is 1. The first-order valence-corrected chi connectivity index (χ1v) is 6.86. The van der Waals surface area contributed by atoms with E-state index in [1.54, 1.807) is 24.3 Å². The third-order valence-corrected chi connectivity index (χ3v) is 4.42. The van der Waals surface area contributed by atoms with Crippen LogP contribution in [0.4, 0.5) is 8.78 Å². The highest BCUT2D eigenvalue weighted by molar-refractivity contribution is 7.99. The Balaban J connectivity index is 2.00. The normalized spacial score (nSPS) is 18.2. The number of hydrogen-bond acceptors (Lipinski definition) is 2. The fourth-order valence-corrected chi connectivity index (χ4v) is 3.43. The van der Waals surface area contributed by atoms with Crippen molar-refractivity contribution in [1.82, 2.24) is 0 Å². The van der Waals surface area contributed by atoms with E-state index >= 15 is 0 Å². The molecule has 1 atom stereocenters. The molecule has 0 radical (unpaired) electrons. The van der Waals surface area contributed by atoms with Gasteiger partial charge in [-0.05, 0) is 23.8 Å². The van der Waals surface area contributed by atoms with Crippen molar-refractivity contribution in [3.05, 3.63) is 65.2 Å². The molecule has 0 saturated heterocycles. The van der Waals surface area contributed by atoms with Gasteiger partial charge in [-0.2, -0.15) is 0 Å². The van der Waals surface area contributed by atoms with Gasteiger partial charge in [0.25, 0.3) is 0 Å². The van der Waals surface area contributed by atoms with Crippen molar-refractivity contribution in [2.75, 3.05) is 5.75 Å². The maximum atomic E-state index is 13.6. The number of benzene rings is 2. The number of halogens is 2. The van der Waals surface area contributed by atoms with Crippen LogP contribution in [0.3, 0.4) is 0 Å². The topological polar surface area (TPSA) is 17.1 Å². The van der Waals surface area contributed by atoms with Gasteiger partial charge in [-0.1, -0.05) is 24.3 Å². The van der Waals surface area contributed by atoms with Gasteiger partial charge in [-0.25, -0.2) is 8.78 Å². The lowest BCUT2D eigenvalue weighted by Gasteiger charge is -2.23. The van der Waals surface area contributed by atoms with Crippen molar-refractivity contribution in [2.45, 2.75) is 10.8 Å². The number of carbonyl (C=O) groups excluding carboxylic acids is 1. The molecule has 1 nitrogen and oxygen atoms in total. The Labute approximate surface area is 113 Å². The number of thioether (sulfide) groups is 1. The van der Waals surface area contributed by atoms with E-state index in [-0.39, 0.29) is 23.3 Å². The quantitative estimate of drug-likeness (QED) is 0.782. The van der Waals surface area contributed by atoms with Crippen LogP contribution in [0.1, 0.15) is 21.8 Å². The first kappa shape index (κ1) is 12.4. The highest BCUT2D eigenvalue weighted by Crippen LogP contribution is 2.38. The molecular formula is C15H10F2OS. The lowest BCUT2D eigenvalue weighted by molar-refractivity contribution is 0.0961. The molecular weight excluding hydrogens is 266 g/mol. The van der Waals surface area contributed by atoms with Crippen LogP contribution in [-0.2, 0) is 0 Å². The van der Waals surface area contributed by atoms with Gasteiger partial charge in [-0.15, -0.1) is 11.8 Å². The van der Waals surface area contributed by atoms with Crippen LogP contribution in [0.5, 0.6) is 0 Å². The average molecular weight is 276 g/mol. The molecule has 1 heterocycles. The van der Waals surface area contributed by atoms with Gasteiger partial charge in [0.15, 0.2) is 5.78 Å². The van der Waals surface area contributed by atoms with Crippen molar-refractivity contribution >= 4 is 17.5 Å². The molecule has 2 aromatic carbocycles. The Hall–Kier alpha value is -1.68. The molecule has 0 spiro atoms. The number of rotatable bonds is 1. The Morgan fingerprint density at radius 2 is 1.79 bits per heavy atom. The third-order valence-electron chi connectivity index (χ3n) is 3.22. The standard InChI is InChI=1S/C15H10F2OS/c16-10-6-4-9(5-7-10)12-8-19-15-11(14(12)18)2-1-3-13(15)17/h1-7,12H,8H2. The molecule has 1 aliphatic heterocycles. The Morgan fingerprint density at radius 3 is 2.53 bits per heavy atom. The van der Waals surface area contributed by atoms with Gasteiger partial charge in [0.2, 0.25) is 0 Å². The Kier molecular flexibility index (Phi) is 3.11. The van der Waals surface area contributed by atoms with E-state index in [4.69, 9.17) is 0 Å². The lowest BCUT2D eigenvalue weighted by atomic mass is 9.91. The molecule has 0 N–H and O–H groups in total. The van der Waals surface area contributed by atoms with Crippen molar-refractivity contribution in [3.8, 4) is 0 Å². The highest BCUT2D eigenvalue weighted by Gasteiger charge is 2.30. The van der Waals surface area contributed by atoms with Gasteiger partial charge >= 0.3 is 0 Å². The van der Waals surface area contributed by atoms with Crippen molar-refractivity contribution in [1.29, 1.82) is 0 Å². The molecule has 0 bridgehead atoms. The maximum absolute atomic E-state index is 13.6. The largest absolute Gasteiger partial charge is 0.293 e. The van der Waals surface area contributed by atoms with Crippen LogP contribution >= 0.6 is 11.8 Å². The number of fused-ring (bicyclic) bond motifs is 1. The summed E-state index contributed by atoms with van der Waals surface area (Å²) in [6.45, 7) is 0. The zero-order valence-corrected chi connectivity index (χ0v) is 10.7. The monoisotopic (exact) mass is 276 g/mol. The molecule has 1 aliphatic rings. The maximum Gasteiger partial charge on any atom is 0.172 e. The van der Waals surface area contributed by atoms with Crippen molar-refractivity contribution in [2.24, 2.45) is 0 Å². The van der Waals surface area contributed by atoms with Crippen LogP contribution in [0.2, 0.25) is 0 Å². The molecule has 3 rings (SSSR count). The minimum absolute atomic E-state index is 0.0974. The van der Waals surface area contributed by atoms with E-state index in [1.807, 2.05) is 0 Å². The zero-order valence-electron chi connectivity index (χ0n) is 9.90. The SMILES string of the molecule is O=C1c2cccc(F)c2SCC1c1ccc(F)cc1. The summed E-state index contributed by atoms with van der Waals surface area (Å²) >= 11 is 1.34. The van der Waals surface area contributed by atoms with Crippen molar-refractivity contribution < 1.29 is 13.6 Å². The second kappa shape index (κ2) is 4.78. The lowest BCUT2D eigenvalue weighted by Crippen LogP contribution is -2.21. The first-order chi connectivity index (χ1) is 9.16. The van der Waals surface area contributed by atoms with Crippen LogP contribution in [-0.4, -0.2) is 11.5 Å². The molecule has 0 aliphatic carbocycles. The second-order valence-corrected chi connectivity index (χ2v) is 5.43. The summed E-state index contributed by atoms with van der Waals surface area (Å²) in [7, 11) is 0. The summed E-state index contributed by atoms with van der Waals surface area (Å²) in [6, 6.07) is 10.5. The molecule has 96 valence electrons. The third kappa shape index (κ3) is 2.16. The molecule has 4 heteroatoms. The van der Waals surface area contributed by atoms with E-state index in [0.717, 1.165) is 5.56 Å². The average Bonchev–Trinajstić information content (AvgIpc) is 2.42. The van der Waals surface area contributed by atoms with E-state index in [0.29, 0.717) is 16.2 Å². The Bertz CT molecular complexity index is 637. The van der Waals surface area contributed by atoms with Gasteiger partial charge in [0.05, 0.1) is 10.8 Å². The minimum Gasteiger partial charge on any atom is -0.293 e. The first-order valence-electron chi connectivity index (χ1n) is 5.88. The van der Waals surface area contributed by atoms with Crippen LogP contribution < -0.4 is 0 Å². The fourth-order valence-electron chi connectivity index (χ4n) is 2.22. The number of Topliss-reactive ketones (excluding diaryl/α,β-unsaturated/α-hetero) is 1. The van der Waals surface area contributed by atoms with Crippen LogP contribution in [0.25, 0.3) is 0 Å². The molecule has 0 saturated carbocycles. The summed E-state index contributed by atoms with van der Waals surface area (Å²) in [5.74, 6) is -0.627. The summed E-state index contributed by atoms with van der Waals surface area (Å²) in [6.07, 6.45) is 0.